The van der Waals surface area contributed by atoms with Gasteiger partial charge in [-0.15, -0.1) is 0 Å². The number of fused-ring (bicyclic) bond motifs is 12. The largest absolute Gasteiger partial charge is 0.310 e. The molecule has 0 aliphatic heterocycles. The van der Waals surface area contributed by atoms with Crippen molar-refractivity contribution in [3.05, 3.63) is 220 Å². The molecule has 0 heterocycles. The summed E-state index contributed by atoms with van der Waals surface area (Å²) in [5.74, 6) is 3.19. The van der Waals surface area contributed by atoms with E-state index < -0.39 is 5.41 Å². The number of aryl methyl sites for hydroxylation is 2. The first-order chi connectivity index (χ1) is 32.0. The van der Waals surface area contributed by atoms with Crippen LogP contribution in [0.5, 0.6) is 0 Å². The molecule has 0 radical (unpaired) electrons. The number of benzene rings is 8. The van der Waals surface area contributed by atoms with E-state index in [-0.39, 0.29) is 0 Å². The molecule has 3 unspecified atom stereocenters. The zero-order chi connectivity index (χ0) is 43.2. The Labute approximate surface area is 385 Å². The third-order valence-corrected chi connectivity index (χ3v) is 16.7. The summed E-state index contributed by atoms with van der Waals surface area (Å²) in [6.07, 6.45) is 12.4. The van der Waals surface area contributed by atoms with Gasteiger partial charge in [0, 0.05) is 17.1 Å². The Morgan fingerprint density at radius 1 is 0.400 bits per heavy atom. The summed E-state index contributed by atoms with van der Waals surface area (Å²) in [6.45, 7) is 4.50. The standard InChI is InChI=1S/C64H57N/c1-41-16-33-56-57-34-17-42(2)37-62(57)64(61(56)36-41)60-15-9-8-14-55(60)58-35-32-52(40-63(58)64)65(51-30-26-48(27-31-51)59-39-43-18-19-49(59)38-43)50-28-24-47(25-29-50)54-13-7-6-12-53(54)46-22-20-45(21-23-46)44-10-4-3-5-11-44/h6-9,12-17,20-37,40,43-44,49,59H,3-5,10-11,18-19,38-39H2,1-2H3. The number of nitrogens with zero attached hydrogens (tertiary/aromatic N) is 1. The van der Waals surface area contributed by atoms with Crippen LogP contribution in [0.1, 0.15) is 114 Å². The summed E-state index contributed by atoms with van der Waals surface area (Å²) < 4.78 is 0. The van der Waals surface area contributed by atoms with Gasteiger partial charge in [-0.05, 0) is 184 Å². The minimum Gasteiger partial charge on any atom is -0.310 e. The van der Waals surface area contributed by atoms with Gasteiger partial charge in [-0.2, -0.15) is 0 Å². The smallest absolute Gasteiger partial charge is 0.0726 e. The molecule has 1 heteroatoms. The number of anilines is 3. The van der Waals surface area contributed by atoms with E-state index >= 15 is 0 Å². The molecule has 0 N–H and O–H groups in total. The van der Waals surface area contributed by atoms with Gasteiger partial charge in [0.25, 0.3) is 0 Å². The van der Waals surface area contributed by atoms with E-state index in [9.17, 15) is 0 Å². The third-order valence-electron chi connectivity index (χ3n) is 16.7. The van der Waals surface area contributed by atoms with Crippen molar-refractivity contribution in [1.29, 1.82) is 0 Å². The van der Waals surface area contributed by atoms with Crippen molar-refractivity contribution < 1.29 is 0 Å². The zero-order valence-electron chi connectivity index (χ0n) is 37.9. The lowest BCUT2D eigenvalue weighted by Crippen LogP contribution is -2.26. The van der Waals surface area contributed by atoms with Gasteiger partial charge in [-0.3, -0.25) is 0 Å². The Hall–Kier alpha value is -6.44. The Kier molecular flexibility index (Phi) is 9.20. The number of hydrogen-bond donors (Lipinski definition) is 0. The van der Waals surface area contributed by atoms with Crippen LogP contribution in [0.4, 0.5) is 17.1 Å². The van der Waals surface area contributed by atoms with E-state index in [0.717, 1.165) is 11.8 Å². The van der Waals surface area contributed by atoms with Gasteiger partial charge in [0.2, 0.25) is 0 Å². The predicted octanol–water partition coefficient (Wildman–Crippen LogP) is 17.4. The van der Waals surface area contributed by atoms with Gasteiger partial charge in [0.1, 0.15) is 0 Å². The topological polar surface area (TPSA) is 3.24 Å². The second kappa shape index (κ2) is 15.3. The van der Waals surface area contributed by atoms with E-state index in [4.69, 9.17) is 0 Å². The summed E-state index contributed by atoms with van der Waals surface area (Å²) >= 11 is 0. The highest BCUT2D eigenvalue weighted by atomic mass is 15.1. The number of hydrogen-bond acceptors (Lipinski definition) is 1. The van der Waals surface area contributed by atoms with Crippen LogP contribution >= 0.6 is 0 Å². The molecule has 2 bridgehead atoms. The lowest BCUT2D eigenvalue weighted by atomic mass is 9.70. The van der Waals surface area contributed by atoms with E-state index in [1.54, 1.807) is 0 Å². The maximum atomic E-state index is 2.54. The van der Waals surface area contributed by atoms with Crippen LogP contribution in [0.15, 0.2) is 176 Å². The molecule has 13 rings (SSSR count). The Morgan fingerprint density at radius 2 is 0.908 bits per heavy atom. The van der Waals surface area contributed by atoms with Gasteiger partial charge < -0.3 is 4.90 Å². The second-order valence-corrected chi connectivity index (χ2v) is 20.4. The van der Waals surface area contributed by atoms with Crippen molar-refractivity contribution in [2.45, 2.75) is 88.9 Å². The zero-order valence-corrected chi connectivity index (χ0v) is 37.9. The SMILES string of the molecule is Cc1ccc2c(c1)C1(c3ccccc3-c3ccc(N(c4ccc(-c5ccccc5-c5ccc(C6CCCCC6)cc5)cc4)c4ccc(C5CC6CCC5C6)cc4)cc31)c1cc(C)ccc1-2. The highest BCUT2D eigenvalue weighted by molar-refractivity contribution is 5.96. The molecule has 8 aromatic rings. The van der Waals surface area contributed by atoms with E-state index in [2.05, 4.69) is 195 Å². The molecule has 8 aromatic carbocycles. The summed E-state index contributed by atoms with van der Waals surface area (Å²) in [6, 6.07) is 68.4. The van der Waals surface area contributed by atoms with Gasteiger partial charge >= 0.3 is 0 Å². The fourth-order valence-electron chi connectivity index (χ4n) is 13.7. The molecule has 65 heavy (non-hydrogen) atoms. The normalized spacial score (nSPS) is 19.8. The fourth-order valence-corrected chi connectivity index (χ4v) is 13.7. The Morgan fingerprint density at radius 3 is 1.51 bits per heavy atom. The molecule has 5 aliphatic carbocycles. The van der Waals surface area contributed by atoms with Gasteiger partial charge in [-0.25, -0.2) is 0 Å². The van der Waals surface area contributed by atoms with E-state index in [1.807, 2.05) is 0 Å². The molecular formula is C64H57N. The molecule has 318 valence electrons. The van der Waals surface area contributed by atoms with Crippen LogP contribution in [-0.2, 0) is 5.41 Å². The van der Waals surface area contributed by atoms with Crippen LogP contribution in [0.25, 0.3) is 44.5 Å². The highest BCUT2D eigenvalue weighted by Gasteiger charge is 2.52. The summed E-state index contributed by atoms with van der Waals surface area (Å²) in [7, 11) is 0. The quantitative estimate of drug-likeness (QED) is 0.155. The molecule has 1 nitrogen and oxygen atoms in total. The third kappa shape index (κ3) is 6.18. The maximum Gasteiger partial charge on any atom is 0.0726 e. The van der Waals surface area contributed by atoms with Crippen LogP contribution in [-0.4, -0.2) is 0 Å². The average molecular weight is 840 g/mol. The molecule has 0 amide bonds. The second-order valence-electron chi connectivity index (χ2n) is 20.4. The highest BCUT2D eigenvalue weighted by Crippen LogP contribution is 2.64. The summed E-state index contributed by atoms with van der Waals surface area (Å²) in [5, 5.41) is 0. The minimum atomic E-state index is -0.413. The predicted molar refractivity (Wildman–Crippen MR) is 272 cm³/mol. The minimum absolute atomic E-state index is 0.413. The van der Waals surface area contributed by atoms with Gasteiger partial charge in [-0.1, -0.05) is 176 Å². The van der Waals surface area contributed by atoms with Gasteiger partial charge in [0.05, 0.1) is 5.41 Å². The first-order valence-electron chi connectivity index (χ1n) is 24.7. The van der Waals surface area contributed by atoms with Crippen molar-refractivity contribution in [2.75, 3.05) is 4.90 Å². The molecule has 3 fully saturated rings. The first-order valence-corrected chi connectivity index (χ1v) is 24.7. The van der Waals surface area contributed by atoms with E-state index in [1.165, 1.54) is 164 Å². The molecule has 3 saturated carbocycles. The van der Waals surface area contributed by atoms with Gasteiger partial charge in [0.15, 0.2) is 0 Å². The van der Waals surface area contributed by atoms with Crippen molar-refractivity contribution in [3.8, 4) is 44.5 Å². The van der Waals surface area contributed by atoms with Crippen LogP contribution in [0, 0.1) is 25.7 Å². The van der Waals surface area contributed by atoms with E-state index in [0.29, 0.717) is 11.8 Å². The fraction of sp³-hybridized carbons (Fsp3) is 0.250. The van der Waals surface area contributed by atoms with Crippen LogP contribution in [0.3, 0.4) is 0 Å². The number of rotatable bonds is 7. The monoisotopic (exact) mass is 839 g/mol. The molecular weight excluding hydrogens is 783 g/mol. The molecule has 0 aromatic heterocycles. The lowest BCUT2D eigenvalue weighted by Gasteiger charge is -2.32. The van der Waals surface area contributed by atoms with Crippen molar-refractivity contribution >= 4 is 17.1 Å². The molecule has 0 saturated heterocycles. The first kappa shape index (κ1) is 39.0. The average Bonchev–Trinajstić information content (AvgIpc) is 4.13. The molecule has 1 spiro atoms. The molecule has 3 atom stereocenters. The Bertz CT molecular complexity index is 3060. The van der Waals surface area contributed by atoms with Crippen molar-refractivity contribution in [3.63, 3.8) is 0 Å². The summed E-state index contributed by atoms with van der Waals surface area (Å²) in [4.78, 5) is 2.52. The Balaban J connectivity index is 0.940. The van der Waals surface area contributed by atoms with Crippen molar-refractivity contribution in [1.82, 2.24) is 0 Å². The van der Waals surface area contributed by atoms with Crippen LogP contribution in [0.2, 0.25) is 0 Å². The molecule has 5 aliphatic rings. The van der Waals surface area contributed by atoms with Crippen molar-refractivity contribution in [2.24, 2.45) is 11.8 Å². The maximum absolute atomic E-state index is 2.54. The lowest BCUT2D eigenvalue weighted by molar-refractivity contribution is 0.420. The van der Waals surface area contributed by atoms with Crippen LogP contribution < -0.4 is 4.90 Å². The summed E-state index contributed by atoms with van der Waals surface area (Å²) in [5.41, 5.74) is 24.8.